The van der Waals surface area contributed by atoms with Crippen LogP contribution in [-0.4, -0.2) is 89.0 Å². The molecule has 0 atom stereocenters. The summed E-state index contributed by atoms with van der Waals surface area (Å²) in [5, 5.41) is 0. The number of nitrogens with zero attached hydrogens (tertiary/aromatic N) is 6. The topological polar surface area (TPSA) is 126 Å². The number of nitrogens with one attached hydrogen (secondary N) is 1. The first-order chi connectivity index (χ1) is 18.7. The number of pyridine rings is 1. The van der Waals surface area contributed by atoms with E-state index in [-0.39, 0.29) is 6.09 Å². The van der Waals surface area contributed by atoms with E-state index < -0.39 is 5.60 Å². The van der Waals surface area contributed by atoms with Gasteiger partial charge in [-0.2, -0.15) is 0 Å². The van der Waals surface area contributed by atoms with E-state index in [4.69, 9.17) is 15.2 Å². The number of hydrogen-bond donors (Lipinski definition) is 2. The van der Waals surface area contributed by atoms with Gasteiger partial charge in [0.1, 0.15) is 11.4 Å². The second kappa shape index (κ2) is 11.1. The van der Waals surface area contributed by atoms with Crippen LogP contribution in [0.2, 0.25) is 0 Å². The fourth-order valence-corrected chi connectivity index (χ4v) is 4.88. The number of ether oxygens (including phenoxy) is 2. The molecule has 0 radical (unpaired) electrons. The number of anilines is 3. The number of amides is 1. The summed E-state index contributed by atoms with van der Waals surface area (Å²) in [4.78, 5) is 35.9. The van der Waals surface area contributed by atoms with E-state index in [1.54, 1.807) is 11.1 Å². The highest BCUT2D eigenvalue weighted by atomic mass is 16.6. The van der Waals surface area contributed by atoms with Gasteiger partial charge in [-0.15, -0.1) is 0 Å². The summed E-state index contributed by atoms with van der Waals surface area (Å²) in [6, 6.07) is 4.00. The van der Waals surface area contributed by atoms with Crippen LogP contribution in [-0.2, 0) is 9.47 Å². The third-order valence-corrected chi connectivity index (χ3v) is 7.01. The lowest BCUT2D eigenvalue weighted by atomic mass is 10.1. The van der Waals surface area contributed by atoms with E-state index in [2.05, 4.69) is 29.7 Å². The van der Waals surface area contributed by atoms with Crippen LogP contribution in [0.1, 0.15) is 32.8 Å². The molecular formula is C28H38N8O3. The smallest absolute Gasteiger partial charge is 0.410 e. The van der Waals surface area contributed by atoms with E-state index in [0.29, 0.717) is 44.4 Å². The van der Waals surface area contributed by atoms with Gasteiger partial charge in [0.2, 0.25) is 5.95 Å². The Bertz CT molecular complexity index is 1290. The van der Waals surface area contributed by atoms with Crippen LogP contribution >= 0.6 is 0 Å². The molecule has 5 heterocycles. The van der Waals surface area contributed by atoms with Crippen molar-refractivity contribution in [2.45, 2.75) is 39.7 Å². The number of H-pyrrole nitrogens is 1. The first kappa shape index (κ1) is 26.7. The predicted molar refractivity (Wildman–Crippen MR) is 152 cm³/mol. The summed E-state index contributed by atoms with van der Waals surface area (Å²) in [6.07, 6.45) is 6.13. The molecule has 1 amide bonds. The van der Waals surface area contributed by atoms with Crippen LogP contribution in [0.15, 0.2) is 30.7 Å². The minimum atomic E-state index is -0.510. The SMILES string of the molecule is Cc1c(-c2ccnc(-c3cnc(N4CCCOCC4)nc3)c2)[nH]c(N2CCN(C(=O)OC(C)(C)C)CC2)c1N. The zero-order valence-electron chi connectivity index (χ0n) is 23.2. The number of carbonyl (C=O) groups excluding carboxylic acids is 1. The largest absolute Gasteiger partial charge is 0.444 e. The molecule has 0 aliphatic carbocycles. The Morgan fingerprint density at radius 3 is 2.46 bits per heavy atom. The molecule has 39 heavy (non-hydrogen) atoms. The highest BCUT2D eigenvalue weighted by molar-refractivity contribution is 5.81. The number of piperazine rings is 1. The van der Waals surface area contributed by atoms with Crippen LogP contribution in [0.3, 0.4) is 0 Å². The first-order valence-electron chi connectivity index (χ1n) is 13.5. The molecule has 2 saturated heterocycles. The van der Waals surface area contributed by atoms with E-state index in [1.807, 2.05) is 52.2 Å². The normalized spacial score (nSPS) is 16.8. The summed E-state index contributed by atoms with van der Waals surface area (Å²) >= 11 is 0. The number of hydrogen-bond acceptors (Lipinski definition) is 9. The van der Waals surface area contributed by atoms with Crippen molar-refractivity contribution in [3.63, 3.8) is 0 Å². The Morgan fingerprint density at radius 1 is 1.00 bits per heavy atom. The lowest BCUT2D eigenvalue weighted by Gasteiger charge is -2.36. The molecule has 11 heteroatoms. The third kappa shape index (κ3) is 6.08. The van der Waals surface area contributed by atoms with Crippen molar-refractivity contribution in [3.8, 4) is 22.5 Å². The van der Waals surface area contributed by atoms with Crippen LogP contribution in [0.4, 0.5) is 22.2 Å². The van der Waals surface area contributed by atoms with Crippen LogP contribution < -0.4 is 15.5 Å². The minimum absolute atomic E-state index is 0.278. The molecule has 2 aliphatic rings. The summed E-state index contributed by atoms with van der Waals surface area (Å²) in [6.45, 7) is 13.3. The molecule has 3 aromatic rings. The first-order valence-corrected chi connectivity index (χ1v) is 13.5. The van der Waals surface area contributed by atoms with E-state index in [1.165, 1.54) is 0 Å². The monoisotopic (exact) mass is 534 g/mol. The van der Waals surface area contributed by atoms with Crippen LogP contribution in [0, 0.1) is 6.92 Å². The van der Waals surface area contributed by atoms with E-state index in [0.717, 1.165) is 60.0 Å². The number of nitrogen functional groups attached to an aromatic ring is 1. The molecule has 5 rings (SSSR count). The molecule has 208 valence electrons. The molecule has 0 aromatic carbocycles. The zero-order valence-corrected chi connectivity index (χ0v) is 23.2. The van der Waals surface area contributed by atoms with Crippen molar-refractivity contribution in [3.05, 3.63) is 36.3 Å². The Labute approximate surface area is 229 Å². The minimum Gasteiger partial charge on any atom is -0.444 e. The molecule has 0 bridgehead atoms. The average molecular weight is 535 g/mol. The molecule has 0 saturated carbocycles. The number of rotatable bonds is 4. The second-order valence-corrected chi connectivity index (χ2v) is 11.0. The summed E-state index contributed by atoms with van der Waals surface area (Å²) in [7, 11) is 0. The van der Waals surface area contributed by atoms with Gasteiger partial charge in [-0.1, -0.05) is 0 Å². The maximum atomic E-state index is 12.5. The van der Waals surface area contributed by atoms with Gasteiger partial charge >= 0.3 is 6.09 Å². The molecule has 3 aromatic heterocycles. The van der Waals surface area contributed by atoms with E-state index >= 15 is 0 Å². The molecule has 2 aliphatic heterocycles. The number of aromatic amines is 1. The highest BCUT2D eigenvalue weighted by Gasteiger charge is 2.28. The summed E-state index contributed by atoms with van der Waals surface area (Å²) < 4.78 is 11.1. The molecular weight excluding hydrogens is 496 g/mol. The van der Waals surface area contributed by atoms with Gasteiger partial charge in [-0.3, -0.25) is 4.98 Å². The summed E-state index contributed by atoms with van der Waals surface area (Å²) in [5.74, 6) is 1.59. The molecule has 0 spiro atoms. The Balaban J connectivity index is 1.30. The predicted octanol–water partition coefficient (Wildman–Crippen LogP) is 3.71. The quantitative estimate of drug-likeness (QED) is 0.515. The van der Waals surface area contributed by atoms with Crippen LogP contribution in [0.25, 0.3) is 22.5 Å². The standard InChI is InChI=1S/C28H38N8O3/c1-19-23(29)25(34-9-11-36(12-10-34)27(37)39-28(2,3)4)33-24(19)20-6-7-30-22(16-20)21-17-31-26(32-18-21)35-8-5-14-38-15-13-35/h6-7,16-18,33H,5,8-15,29H2,1-4H3. The van der Waals surface area contributed by atoms with E-state index in [9.17, 15) is 4.79 Å². The maximum Gasteiger partial charge on any atom is 0.410 e. The van der Waals surface area contributed by atoms with Crippen molar-refractivity contribution in [1.29, 1.82) is 0 Å². The van der Waals surface area contributed by atoms with Gasteiger partial charge in [0.15, 0.2) is 0 Å². The van der Waals surface area contributed by atoms with Gasteiger partial charge in [0, 0.05) is 75.6 Å². The van der Waals surface area contributed by atoms with Crippen LogP contribution in [0.5, 0.6) is 0 Å². The van der Waals surface area contributed by atoms with Crippen molar-refractivity contribution >= 4 is 23.5 Å². The lowest BCUT2D eigenvalue weighted by molar-refractivity contribution is 0.0240. The molecule has 2 fully saturated rings. The Hall–Kier alpha value is -3.86. The van der Waals surface area contributed by atoms with Gasteiger partial charge in [-0.05, 0) is 51.8 Å². The van der Waals surface area contributed by atoms with Crippen molar-refractivity contribution in [1.82, 2.24) is 24.8 Å². The van der Waals surface area contributed by atoms with Gasteiger partial charge in [0.05, 0.1) is 23.7 Å². The number of carbonyl (C=O) groups is 1. The molecule has 0 unspecified atom stereocenters. The molecule has 11 nitrogen and oxygen atoms in total. The zero-order chi connectivity index (χ0) is 27.6. The Kier molecular flexibility index (Phi) is 7.60. The van der Waals surface area contributed by atoms with Crippen molar-refractivity contribution < 1.29 is 14.3 Å². The second-order valence-electron chi connectivity index (χ2n) is 11.0. The van der Waals surface area contributed by atoms with Crippen molar-refractivity contribution in [2.24, 2.45) is 0 Å². The number of nitrogens with two attached hydrogens (primary N) is 1. The fraction of sp³-hybridized carbons (Fsp3) is 0.500. The van der Waals surface area contributed by atoms with Crippen molar-refractivity contribution in [2.75, 3.05) is 68.0 Å². The van der Waals surface area contributed by atoms with Gasteiger partial charge in [0.25, 0.3) is 0 Å². The fourth-order valence-electron chi connectivity index (χ4n) is 4.88. The summed E-state index contributed by atoms with van der Waals surface area (Å²) in [5.41, 5.74) is 11.3. The van der Waals surface area contributed by atoms with Gasteiger partial charge < -0.3 is 34.9 Å². The number of aromatic nitrogens is 4. The Morgan fingerprint density at radius 2 is 1.74 bits per heavy atom. The average Bonchev–Trinajstić information content (AvgIpc) is 3.09. The lowest BCUT2D eigenvalue weighted by Crippen LogP contribution is -2.50. The van der Waals surface area contributed by atoms with Gasteiger partial charge in [-0.25, -0.2) is 14.8 Å². The highest BCUT2D eigenvalue weighted by Crippen LogP contribution is 2.36. The maximum absolute atomic E-state index is 12.5. The third-order valence-electron chi connectivity index (χ3n) is 7.01. The molecule has 3 N–H and O–H groups in total.